The lowest BCUT2D eigenvalue weighted by Gasteiger charge is -2.11. The van der Waals surface area contributed by atoms with Crippen LogP contribution < -0.4 is 9.46 Å². The SMILES string of the molecule is COc1cccc(-n2ncc3c(N=NCc4ccc(S(=O)(=O)NCCN(C)C)cc4)ncnc32)c1. The molecule has 0 radical (unpaired) electrons. The lowest BCUT2D eigenvalue weighted by Crippen LogP contribution is -2.31. The molecule has 0 fully saturated rings. The average molecular weight is 495 g/mol. The summed E-state index contributed by atoms with van der Waals surface area (Å²) in [4.78, 5) is 10.7. The normalized spacial score (nSPS) is 12.1. The molecule has 4 aromatic rings. The fourth-order valence-corrected chi connectivity index (χ4v) is 4.31. The highest BCUT2D eigenvalue weighted by molar-refractivity contribution is 7.89. The van der Waals surface area contributed by atoms with E-state index in [2.05, 4.69) is 30.0 Å². The van der Waals surface area contributed by atoms with Crippen molar-refractivity contribution >= 4 is 26.9 Å². The van der Waals surface area contributed by atoms with Crippen molar-refractivity contribution in [2.75, 3.05) is 34.3 Å². The first kappa shape index (κ1) is 24.4. The van der Waals surface area contributed by atoms with E-state index >= 15 is 0 Å². The van der Waals surface area contributed by atoms with Crippen molar-refractivity contribution in [3.05, 3.63) is 66.6 Å². The lowest BCUT2D eigenvalue weighted by molar-refractivity contribution is 0.412. The topological polar surface area (TPSA) is 127 Å². The maximum absolute atomic E-state index is 12.4. The van der Waals surface area contributed by atoms with Gasteiger partial charge in [0, 0.05) is 19.2 Å². The Kier molecular flexibility index (Phi) is 7.44. The molecule has 11 nitrogen and oxygen atoms in total. The number of fused-ring (bicyclic) bond motifs is 1. The first-order valence-electron chi connectivity index (χ1n) is 10.8. The molecule has 0 bridgehead atoms. The number of nitrogens with zero attached hydrogens (tertiary/aromatic N) is 7. The third-order valence-corrected chi connectivity index (χ3v) is 6.62. The zero-order valence-corrected chi connectivity index (χ0v) is 20.5. The number of likely N-dealkylation sites (N-methyl/N-ethyl adjacent to an activating group) is 1. The van der Waals surface area contributed by atoms with Gasteiger partial charge >= 0.3 is 0 Å². The van der Waals surface area contributed by atoms with Crippen molar-refractivity contribution in [1.29, 1.82) is 0 Å². The summed E-state index contributed by atoms with van der Waals surface area (Å²) in [5.74, 6) is 1.11. The van der Waals surface area contributed by atoms with Gasteiger partial charge in [-0.25, -0.2) is 27.8 Å². The minimum absolute atomic E-state index is 0.208. The van der Waals surface area contributed by atoms with E-state index in [9.17, 15) is 8.42 Å². The maximum atomic E-state index is 12.4. The fourth-order valence-electron chi connectivity index (χ4n) is 3.29. The van der Waals surface area contributed by atoms with E-state index in [0.29, 0.717) is 35.7 Å². The summed E-state index contributed by atoms with van der Waals surface area (Å²) in [7, 11) is 1.83. The van der Waals surface area contributed by atoms with Crippen molar-refractivity contribution < 1.29 is 13.2 Å². The van der Waals surface area contributed by atoms with Crippen molar-refractivity contribution in [1.82, 2.24) is 29.4 Å². The Morgan fingerprint density at radius 1 is 1.11 bits per heavy atom. The zero-order valence-electron chi connectivity index (χ0n) is 19.7. The molecule has 0 saturated carbocycles. The molecule has 12 heteroatoms. The second-order valence-corrected chi connectivity index (χ2v) is 9.70. The molecule has 2 heterocycles. The van der Waals surface area contributed by atoms with Crippen LogP contribution in [-0.2, 0) is 16.6 Å². The lowest BCUT2D eigenvalue weighted by atomic mass is 10.2. The third-order valence-electron chi connectivity index (χ3n) is 5.15. The predicted molar refractivity (Wildman–Crippen MR) is 132 cm³/mol. The van der Waals surface area contributed by atoms with Crippen molar-refractivity contribution in [2.24, 2.45) is 10.2 Å². The van der Waals surface area contributed by atoms with E-state index in [4.69, 9.17) is 4.74 Å². The second kappa shape index (κ2) is 10.7. The van der Waals surface area contributed by atoms with Crippen LogP contribution in [0, 0.1) is 0 Å². The minimum atomic E-state index is -3.55. The molecule has 0 saturated heterocycles. The van der Waals surface area contributed by atoms with Crippen molar-refractivity contribution in [3.8, 4) is 11.4 Å². The Labute approximate surface area is 203 Å². The Morgan fingerprint density at radius 2 is 1.91 bits per heavy atom. The molecule has 2 aromatic carbocycles. The van der Waals surface area contributed by atoms with Gasteiger partial charge in [-0.15, -0.1) is 5.11 Å². The van der Waals surface area contributed by atoms with Gasteiger partial charge in [0.2, 0.25) is 10.0 Å². The standard InChI is InChI=1S/C23H26N8O3S/c1-30(2)12-11-28-35(32,33)20-9-7-17(8-10-20)14-26-29-22-21-15-27-31(23(21)25-16-24-22)18-5-4-6-19(13-18)34-3/h4-10,13,15-16,28H,11-12,14H2,1-3H3. The number of methoxy groups -OCH3 is 1. The van der Waals surface area contributed by atoms with Crippen LogP contribution in [0.3, 0.4) is 0 Å². The molecule has 0 atom stereocenters. The van der Waals surface area contributed by atoms with Gasteiger partial charge < -0.3 is 9.64 Å². The number of benzene rings is 2. The van der Waals surface area contributed by atoms with Crippen LogP contribution in [0.5, 0.6) is 5.75 Å². The van der Waals surface area contributed by atoms with Crippen molar-refractivity contribution in [3.63, 3.8) is 0 Å². The number of azo groups is 1. The van der Waals surface area contributed by atoms with Crippen LogP contribution >= 0.6 is 0 Å². The average Bonchev–Trinajstić information content (AvgIpc) is 3.29. The van der Waals surface area contributed by atoms with Gasteiger partial charge in [0.15, 0.2) is 11.5 Å². The maximum Gasteiger partial charge on any atom is 0.240 e. The highest BCUT2D eigenvalue weighted by Gasteiger charge is 2.14. The van der Waals surface area contributed by atoms with Gasteiger partial charge in [-0.05, 0) is 43.9 Å². The Balaban J connectivity index is 1.46. The van der Waals surface area contributed by atoms with E-state index in [1.807, 2.05) is 43.3 Å². The summed E-state index contributed by atoms with van der Waals surface area (Å²) in [5, 5.41) is 13.6. The molecule has 0 spiro atoms. The van der Waals surface area contributed by atoms with E-state index in [1.54, 1.807) is 42.3 Å². The molecular weight excluding hydrogens is 468 g/mol. The van der Waals surface area contributed by atoms with Gasteiger partial charge in [0.1, 0.15) is 12.1 Å². The third kappa shape index (κ3) is 5.85. The van der Waals surface area contributed by atoms with E-state index < -0.39 is 10.0 Å². The number of sulfonamides is 1. The molecule has 2 aromatic heterocycles. The second-order valence-electron chi connectivity index (χ2n) is 7.94. The minimum Gasteiger partial charge on any atom is -0.497 e. The largest absolute Gasteiger partial charge is 0.497 e. The number of rotatable bonds is 10. The van der Waals surface area contributed by atoms with E-state index in [0.717, 1.165) is 11.3 Å². The van der Waals surface area contributed by atoms with Crippen LogP contribution in [0.1, 0.15) is 5.56 Å². The first-order valence-corrected chi connectivity index (χ1v) is 12.3. The van der Waals surface area contributed by atoms with Gasteiger partial charge in [0.25, 0.3) is 0 Å². The van der Waals surface area contributed by atoms with Gasteiger partial charge in [-0.2, -0.15) is 10.2 Å². The quantitative estimate of drug-likeness (QED) is 0.336. The number of ether oxygens (including phenoxy) is 1. The van der Waals surface area contributed by atoms with Gasteiger partial charge in [-0.3, -0.25) is 0 Å². The van der Waals surface area contributed by atoms with Gasteiger partial charge in [-0.1, -0.05) is 18.2 Å². The van der Waals surface area contributed by atoms with Crippen LogP contribution in [-0.4, -0.2) is 67.4 Å². The number of aromatic nitrogens is 4. The Hall–Kier alpha value is -3.74. The molecule has 1 N–H and O–H groups in total. The number of hydrogen-bond donors (Lipinski definition) is 1. The highest BCUT2D eigenvalue weighted by Crippen LogP contribution is 2.25. The Bertz CT molecular complexity index is 1430. The monoisotopic (exact) mass is 494 g/mol. The zero-order chi connectivity index (χ0) is 24.8. The van der Waals surface area contributed by atoms with Gasteiger partial charge in [0.05, 0.1) is 35.8 Å². The summed E-state index contributed by atoms with van der Waals surface area (Å²) < 4.78 is 34.3. The van der Waals surface area contributed by atoms with Crippen LogP contribution in [0.15, 0.2) is 76.2 Å². The molecular formula is C23H26N8O3S. The molecule has 35 heavy (non-hydrogen) atoms. The summed E-state index contributed by atoms with van der Waals surface area (Å²) >= 11 is 0. The highest BCUT2D eigenvalue weighted by atomic mass is 32.2. The molecule has 0 aliphatic rings. The fraction of sp³-hybridized carbons (Fsp3) is 0.261. The summed E-state index contributed by atoms with van der Waals surface area (Å²) in [6.45, 7) is 1.23. The number of nitrogens with one attached hydrogen (secondary N) is 1. The summed E-state index contributed by atoms with van der Waals surface area (Å²) in [5.41, 5.74) is 2.21. The molecule has 4 rings (SSSR count). The summed E-state index contributed by atoms with van der Waals surface area (Å²) in [6.07, 6.45) is 3.06. The van der Waals surface area contributed by atoms with E-state index in [1.165, 1.54) is 6.33 Å². The molecule has 182 valence electrons. The Morgan fingerprint density at radius 3 is 2.66 bits per heavy atom. The number of hydrogen-bond acceptors (Lipinski definition) is 9. The molecule has 0 unspecified atom stereocenters. The molecule has 0 amide bonds. The molecule has 0 aliphatic carbocycles. The van der Waals surface area contributed by atoms with Crippen LogP contribution in [0.25, 0.3) is 16.7 Å². The van der Waals surface area contributed by atoms with Crippen LogP contribution in [0.2, 0.25) is 0 Å². The first-order chi connectivity index (χ1) is 16.9. The van der Waals surface area contributed by atoms with E-state index in [-0.39, 0.29) is 11.4 Å². The predicted octanol–water partition coefficient (Wildman–Crippen LogP) is 2.95. The van der Waals surface area contributed by atoms with Crippen molar-refractivity contribution in [2.45, 2.75) is 11.4 Å². The summed E-state index contributed by atoms with van der Waals surface area (Å²) in [6, 6.07) is 14.0. The smallest absolute Gasteiger partial charge is 0.240 e. The van der Waals surface area contributed by atoms with Crippen LogP contribution in [0.4, 0.5) is 5.82 Å². The molecule has 0 aliphatic heterocycles.